The molecule has 0 radical (unpaired) electrons. The van der Waals surface area contributed by atoms with Gasteiger partial charge in [-0.25, -0.2) is 4.98 Å². The monoisotopic (exact) mass is 202 g/mol. The van der Waals surface area contributed by atoms with Crippen LogP contribution in [0.25, 0.3) is 21.7 Å². The van der Waals surface area contributed by atoms with E-state index in [1.807, 2.05) is 23.7 Å². The molecule has 0 saturated carbocycles. The van der Waals surface area contributed by atoms with Crippen LogP contribution in [0, 0.1) is 0 Å². The minimum atomic E-state index is 0.658. The van der Waals surface area contributed by atoms with E-state index in [4.69, 9.17) is 4.42 Å². The van der Waals surface area contributed by atoms with Gasteiger partial charge in [0.25, 0.3) is 0 Å². The molecule has 14 heavy (non-hydrogen) atoms. The van der Waals surface area contributed by atoms with Crippen molar-refractivity contribution < 1.29 is 4.42 Å². The molecule has 0 saturated heterocycles. The van der Waals surface area contributed by atoms with Gasteiger partial charge in [-0.3, -0.25) is 0 Å². The maximum atomic E-state index is 5.19. The molecule has 3 rings (SSSR count). The van der Waals surface area contributed by atoms with E-state index in [0.29, 0.717) is 5.65 Å². The number of pyridine rings is 1. The third kappa shape index (κ3) is 1.12. The molecule has 68 valence electrons. The highest BCUT2D eigenvalue weighted by Gasteiger charge is 2.03. The first-order valence-corrected chi connectivity index (χ1v) is 5.04. The van der Waals surface area contributed by atoms with Crippen molar-refractivity contribution in [1.82, 2.24) is 9.97 Å². The smallest absolute Gasteiger partial charge is 0.198 e. The van der Waals surface area contributed by atoms with E-state index in [1.54, 1.807) is 11.3 Å². The molecule has 3 aromatic rings. The van der Waals surface area contributed by atoms with Crippen LogP contribution in [0.4, 0.5) is 0 Å². The van der Waals surface area contributed by atoms with Gasteiger partial charge in [-0.1, -0.05) is 6.07 Å². The van der Waals surface area contributed by atoms with E-state index < -0.39 is 0 Å². The first-order valence-electron chi connectivity index (χ1n) is 4.16. The van der Waals surface area contributed by atoms with Crippen LogP contribution < -0.4 is 0 Å². The van der Waals surface area contributed by atoms with Crippen molar-refractivity contribution >= 4 is 22.6 Å². The largest absolute Gasteiger partial charge is 0.442 e. The quantitative estimate of drug-likeness (QED) is 0.609. The summed E-state index contributed by atoms with van der Waals surface area (Å²) in [5, 5.41) is 2.04. The van der Waals surface area contributed by atoms with Crippen molar-refractivity contribution in [2.24, 2.45) is 0 Å². The second-order valence-corrected chi connectivity index (χ2v) is 3.82. The second-order valence-electron chi connectivity index (χ2n) is 2.88. The summed E-state index contributed by atoms with van der Waals surface area (Å²) in [7, 11) is 0. The fraction of sp³-hybridized carbons (Fsp3) is 0. The Kier molecular flexibility index (Phi) is 1.61. The summed E-state index contributed by atoms with van der Waals surface area (Å²) in [5.41, 5.74) is 2.46. The summed E-state index contributed by atoms with van der Waals surface area (Å²) in [4.78, 5) is 9.36. The third-order valence-corrected chi connectivity index (χ3v) is 2.91. The van der Waals surface area contributed by atoms with Crippen LogP contribution in [0.1, 0.15) is 0 Å². The van der Waals surface area contributed by atoms with Gasteiger partial charge in [0.1, 0.15) is 0 Å². The molecule has 3 nitrogen and oxygen atoms in total. The SMILES string of the molecule is c1csc(-c2cnc3ncoc3c2)c1. The van der Waals surface area contributed by atoms with Crippen molar-refractivity contribution in [3.63, 3.8) is 0 Å². The molecule has 0 fully saturated rings. The summed E-state index contributed by atoms with van der Waals surface area (Å²) in [6.07, 6.45) is 3.23. The van der Waals surface area contributed by atoms with Crippen LogP contribution in [-0.2, 0) is 0 Å². The predicted molar refractivity (Wildman–Crippen MR) is 55.1 cm³/mol. The van der Waals surface area contributed by atoms with Gasteiger partial charge in [0.15, 0.2) is 17.6 Å². The van der Waals surface area contributed by atoms with E-state index in [-0.39, 0.29) is 0 Å². The standard InChI is InChI=1S/C10H6N2OS/c1-2-9(14-3-1)7-4-8-10(11-5-7)12-6-13-8/h1-6H. The fourth-order valence-corrected chi connectivity index (χ4v) is 2.04. The molecule has 0 N–H and O–H groups in total. The Balaban J connectivity index is 2.23. The average Bonchev–Trinajstić information content (AvgIpc) is 2.88. The average molecular weight is 202 g/mol. The molecular weight excluding hydrogens is 196 g/mol. The normalized spacial score (nSPS) is 10.9. The van der Waals surface area contributed by atoms with Crippen molar-refractivity contribution in [2.45, 2.75) is 0 Å². The Bertz CT molecular complexity index is 556. The Morgan fingerprint density at radius 3 is 3.14 bits per heavy atom. The molecule has 3 heterocycles. The van der Waals surface area contributed by atoms with Gasteiger partial charge in [-0.2, -0.15) is 4.98 Å². The summed E-state index contributed by atoms with van der Waals surface area (Å²) < 4.78 is 5.19. The molecule has 0 amide bonds. The fourth-order valence-electron chi connectivity index (χ4n) is 1.33. The maximum absolute atomic E-state index is 5.19. The van der Waals surface area contributed by atoms with Gasteiger partial charge in [0, 0.05) is 16.6 Å². The zero-order chi connectivity index (χ0) is 9.38. The zero-order valence-corrected chi connectivity index (χ0v) is 7.99. The van der Waals surface area contributed by atoms with Crippen LogP contribution in [-0.4, -0.2) is 9.97 Å². The molecule has 4 heteroatoms. The molecule has 0 unspecified atom stereocenters. The van der Waals surface area contributed by atoms with Gasteiger partial charge in [0.2, 0.25) is 0 Å². The van der Waals surface area contributed by atoms with E-state index in [1.165, 1.54) is 11.3 Å². The van der Waals surface area contributed by atoms with Crippen LogP contribution in [0.15, 0.2) is 40.6 Å². The minimum Gasteiger partial charge on any atom is -0.442 e. The van der Waals surface area contributed by atoms with Crippen molar-refractivity contribution in [1.29, 1.82) is 0 Å². The van der Waals surface area contributed by atoms with Crippen molar-refractivity contribution in [2.75, 3.05) is 0 Å². The van der Waals surface area contributed by atoms with E-state index in [9.17, 15) is 0 Å². The van der Waals surface area contributed by atoms with Crippen LogP contribution in [0.3, 0.4) is 0 Å². The van der Waals surface area contributed by atoms with Crippen LogP contribution in [0.2, 0.25) is 0 Å². The predicted octanol–water partition coefficient (Wildman–Crippen LogP) is 2.95. The van der Waals surface area contributed by atoms with Gasteiger partial charge in [-0.15, -0.1) is 11.3 Å². The number of hydrogen-bond acceptors (Lipinski definition) is 4. The first kappa shape index (κ1) is 7.70. The number of fused-ring (bicyclic) bond motifs is 1. The highest BCUT2D eigenvalue weighted by molar-refractivity contribution is 7.13. The molecular formula is C10H6N2OS. The molecule has 0 aromatic carbocycles. The van der Waals surface area contributed by atoms with Gasteiger partial charge in [-0.05, 0) is 17.5 Å². The summed E-state index contributed by atoms with van der Waals surface area (Å²) >= 11 is 1.69. The summed E-state index contributed by atoms with van der Waals surface area (Å²) in [6.45, 7) is 0. The van der Waals surface area contributed by atoms with Gasteiger partial charge >= 0.3 is 0 Å². The van der Waals surface area contributed by atoms with Crippen molar-refractivity contribution in [3.8, 4) is 10.4 Å². The topological polar surface area (TPSA) is 38.9 Å². The molecule has 0 spiro atoms. The molecule has 0 bridgehead atoms. The minimum absolute atomic E-state index is 0.658. The molecule has 0 aliphatic carbocycles. The highest BCUT2D eigenvalue weighted by atomic mass is 32.1. The lowest BCUT2D eigenvalue weighted by molar-refractivity contribution is 0.602. The van der Waals surface area contributed by atoms with E-state index >= 15 is 0 Å². The van der Waals surface area contributed by atoms with Crippen molar-refractivity contribution in [3.05, 3.63) is 36.2 Å². The lowest BCUT2D eigenvalue weighted by Crippen LogP contribution is -1.77. The maximum Gasteiger partial charge on any atom is 0.198 e. The lowest BCUT2D eigenvalue weighted by atomic mass is 10.2. The Labute approximate surface area is 84.0 Å². The molecule has 0 aliphatic rings. The number of nitrogens with zero attached hydrogens (tertiary/aromatic N) is 2. The van der Waals surface area contributed by atoms with Crippen LogP contribution >= 0.6 is 11.3 Å². The molecule has 0 atom stereocenters. The van der Waals surface area contributed by atoms with Gasteiger partial charge < -0.3 is 4.42 Å². The van der Waals surface area contributed by atoms with Gasteiger partial charge in [0.05, 0.1) is 0 Å². The van der Waals surface area contributed by atoms with Crippen LogP contribution in [0.5, 0.6) is 0 Å². The second kappa shape index (κ2) is 2.92. The number of hydrogen-bond donors (Lipinski definition) is 0. The number of aromatic nitrogens is 2. The Hall–Kier alpha value is -1.68. The Morgan fingerprint density at radius 2 is 2.29 bits per heavy atom. The third-order valence-electron chi connectivity index (χ3n) is 1.99. The van der Waals surface area contributed by atoms with E-state index in [2.05, 4.69) is 16.0 Å². The first-order chi connectivity index (χ1) is 6.93. The lowest BCUT2D eigenvalue weighted by Gasteiger charge is -1.94. The number of rotatable bonds is 1. The summed E-state index contributed by atoms with van der Waals surface area (Å²) in [6, 6.07) is 6.04. The number of oxazole rings is 1. The van der Waals surface area contributed by atoms with E-state index in [0.717, 1.165) is 11.1 Å². The Morgan fingerprint density at radius 1 is 1.29 bits per heavy atom. The number of thiophene rings is 1. The molecule has 3 aromatic heterocycles. The zero-order valence-electron chi connectivity index (χ0n) is 7.18. The summed E-state index contributed by atoms with van der Waals surface area (Å²) in [5.74, 6) is 0. The molecule has 0 aliphatic heterocycles. The highest BCUT2D eigenvalue weighted by Crippen LogP contribution is 2.25.